The van der Waals surface area contributed by atoms with Crippen molar-refractivity contribution < 1.29 is 24.7 Å². The summed E-state index contributed by atoms with van der Waals surface area (Å²) in [6.07, 6.45) is -0.204. The Hall–Kier alpha value is -1.90. The predicted octanol–water partition coefficient (Wildman–Crippen LogP) is 1.47. The molecule has 0 unspecified atom stereocenters. The summed E-state index contributed by atoms with van der Waals surface area (Å²) in [5.74, 6) is -2.22. The Labute approximate surface area is 128 Å². The second-order valence-corrected chi connectivity index (χ2v) is 4.71. The van der Waals surface area contributed by atoms with Gasteiger partial charge in [-0.2, -0.15) is 0 Å². The number of benzene rings is 1. The van der Waals surface area contributed by atoms with E-state index in [1.807, 2.05) is 0 Å². The number of halogens is 2. The van der Waals surface area contributed by atoms with Crippen molar-refractivity contribution in [3.8, 4) is 0 Å². The second-order valence-electron chi connectivity index (χ2n) is 3.92. The zero-order valence-electron chi connectivity index (χ0n) is 10.4. The molecule has 0 aromatic heterocycles. The van der Waals surface area contributed by atoms with Gasteiger partial charge in [0, 0.05) is 24.7 Å². The van der Waals surface area contributed by atoms with E-state index in [1.165, 1.54) is 0 Å². The van der Waals surface area contributed by atoms with E-state index in [-0.39, 0.29) is 22.0 Å². The summed E-state index contributed by atoms with van der Waals surface area (Å²) in [7, 11) is 0. The van der Waals surface area contributed by atoms with Crippen LogP contribution in [0.2, 0.25) is 10.0 Å². The average Bonchev–Trinajstić information content (AvgIpc) is 2.40. The van der Waals surface area contributed by atoms with Gasteiger partial charge in [0.25, 0.3) is 11.6 Å². The predicted molar refractivity (Wildman–Crippen MR) is 73.7 cm³/mol. The minimum atomic E-state index is -1.34. The van der Waals surface area contributed by atoms with E-state index >= 15 is 0 Å². The number of nitro groups is 1. The number of amides is 1. The van der Waals surface area contributed by atoms with Crippen LogP contribution in [0, 0.1) is 10.1 Å². The van der Waals surface area contributed by atoms with E-state index in [0.717, 1.165) is 12.1 Å². The highest BCUT2D eigenvalue weighted by Gasteiger charge is 2.24. The van der Waals surface area contributed by atoms with E-state index in [4.69, 9.17) is 33.4 Å². The molecule has 0 aliphatic carbocycles. The molecule has 0 fully saturated rings. The van der Waals surface area contributed by atoms with Gasteiger partial charge in [-0.05, 0) is 6.07 Å². The highest BCUT2D eigenvalue weighted by atomic mass is 35.5. The second kappa shape index (κ2) is 7.21. The van der Waals surface area contributed by atoms with Crippen LogP contribution in [0.25, 0.3) is 0 Å². The summed E-state index contributed by atoms with van der Waals surface area (Å²) >= 11 is 11.3. The number of rotatable bonds is 6. The standard InChI is InChI=1S/C11H10Cl2N2O6/c12-6-3-5(4-8(9(6)13)15(20)21)10(17)14-7(1-2-16)11(18)19/h3-4,7,16H,1-2H2,(H,14,17)(H,18,19)/t7-/m0/s1. The van der Waals surface area contributed by atoms with Crippen molar-refractivity contribution in [2.24, 2.45) is 0 Å². The molecule has 8 nitrogen and oxygen atoms in total. The summed E-state index contributed by atoms with van der Waals surface area (Å²) in [4.78, 5) is 32.7. The number of carbonyl (C=O) groups is 2. The lowest BCUT2D eigenvalue weighted by Crippen LogP contribution is -2.41. The maximum absolute atomic E-state index is 11.9. The molecule has 0 aliphatic rings. The molecule has 0 radical (unpaired) electrons. The monoisotopic (exact) mass is 336 g/mol. The summed E-state index contributed by atoms with van der Waals surface area (Å²) in [6, 6.07) is 0.655. The minimum Gasteiger partial charge on any atom is -0.480 e. The molecule has 0 heterocycles. The minimum absolute atomic E-state index is 0.204. The number of nitrogens with one attached hydrogen (secondary N) is 1. The summed E-state index contributed by atoms with van der Waals surface area (Å²) in [5.41, 5.74) is -0.774. The van der Waals surface area contributed by atoms with E-state index in [9.17, 15) is 19.7 Å². The average molecular weight is 337 g/mol. The van der Waals surface area contributed by atoms with Crippen LogP contribution in [0.3, 0.4) is 0 Å². The molecular weight excluding hydrogens is 327 g/mol. The number of nitro benzene ring substituents is 1. The molecule has 1 aromatic rings. The third kappa shape index (κ3) is 4.28. The molecule has 0 saturated carbocycles. The molecule has 10 heteroatoms. The van der Waals surface area contributed by atoms with Crippen LogP contribution in [0.15, 0.2) is 12.1 Å². The molecule has 1 amide bonds. The summed E-state index contributed by atoms with van der Waals surface area (Å²) < 4.78 is 0. The van der Waals surface area contributed by atoms with Gasteiger partial charge in [-0.15, -0.1) is 0 Å². The Bertz CT molecular complexity index is 592. The van der Waals surface area contributed by atoms with Crippen molar-refractivity contribution in [1.82, 2.24) is 5.32 Å². The first-order valence-corrected chi connectivity index (χ1v) is 6.31. The molecule has 114 valence electrons. The highest BCUT2D eigenvalue weighted by molar-refractivity contribution is 6.43. The van der Waals surface area contributed by atoms with Crippen LogP contribution in [0.4, 0.5) is 5.69 Å². The number of aliphatic hydroxyl groups excluding tert-OH is 1. The van der Waals surface area contributed by atoms with Crippen molar-refractivity contribution in [2.45, 2.75) is 12.5 Å². The normalized spacial score (nSPS) is 11.8. The fourth-order valence-electron chi connectivity index (χ4n) is 1.47. The van der Waals surface area contributed by atoms with E-state index in [0.29, 0.717) is 0 Å². The van der Waals surface area contributed by atoms with Gasteiger partial charge < -0.3 is 15.5 Å². The molecule has 21 heavy (non-hydrogen) atoms. The lowest BCUT2D eigenvalue weighted by Gasteiger charge is -2.13. The Morgan fingerprint density at radius 1 is 1.38 bits per heavy atom. The lowest BCUT2D eigenvalue weighted by atomic mass is 10.1. The van der Waals surface area contributed by atoms with Crippen LogP contribution in [-0.2, 0) is 4.79 Å². The molecule has 0 saturated heterocycles. The quantitative estimate of drug-likeness (QED) is 0.532. The van der Waals surface area contributed by atoms with Crippen molar-refractivity contribution >= 4 is 40.8 Å². The van der Waals surface area contributed by atoms with Crippen LogP contribution in [0.1, 0.15) is 16.8 Å². The van der Waals surface area contributed by atoms with Gasteiger partial charge in [0.2, 0.25) is 0 Å². The van der Waals surface area contributed by atoms with Gasteiger partial charge in [0.05, 0.1) is 9.95 Å². The van der Waals surface area contributed by atoms with Gasteiger partial charge in [0.1, 0.15) is 11.1 Å². The number of nitrogens with zero attached hydrogens (tertiary/aromatic N) is 1. The number of carboxylic acid groups (broad SMARTS) is 1. The molecule has 1 rings (SSSR count). The number of hydrogen-bond donors (Lipinski definition) is 3. The zero-order valence-corrected chi connectivity index (χ0v) is 11.9. The first-order chi connectivity index (χ1) is 9.77. The number of hydrogen-bond acceptors (Lipinski definition) is 5. The molecule has 3 N–H and O–H groups in total. The van der Waals surface area contributed by atoms with Crippen LogP contribution in [0.5, 0.6) is 0 Å². The van der Waals surface area contributed by atoms with Crippen LogP contribution < -0.4 is 5.32 Å². The molecule has 0 bridgehead atoms. The topological polar surface area (TPSA) is 130 Å². The van der Waals surface area contributed by atoms with Gasteiger partial charge in [0.15, 0.2) is 0 Å². The number of carboxylic acids is 1. The van der Waals surface area contributed by atoms with Gasteiger partial charge >= 0.3 is 5.97 Å². The van der Waals surface area contributed by atoms with Crippen LogP contribution >= 0.6 is 23.2 Å². The largest absolute Gasteiger partial charge is 0.480 e. The van der Waals surface area contributed by atoms with E-state index in [2.05, 4.69) is 5.32 Å². The molecule has 0 spiro atoms. The number of carbonyl (C=O) groups excluding carboxylic acids is 1. The molecule has 1 aromatic carbocycles. The van der Waals surface area contributed by atoms with E-state index in [1.54, 1.807) is 0 Å². The van der Waals surface area contributed by atoms with Gasteiger partial charge in [-0.3, -0.25) is 14.9 Å². The van der Waals surface area contributed by atoms with Crippen molar-refractivity contribution in [3.05, 3.63) is 37.9 Å². The third-order valence-corrected chi connectivity index (χ3v) is 3.28. The summed E-state index contributed by atoms with van der Waals surface area (Å²) in [5, 5.41) is 30.0. The first-order valence-electron chi connectivity index (χ1n) is 5.56. The Kier molecular flexibility index (Phi) is 5.89. The zero-order chi connectivity index (χ0) is 16.2. The van der Waals surface area contributed by atoms with Crippen molar-refractivity contribution in [2.75, 3.05) is 6.61 Å². The van der Waals surface area contributed by atoms with Gasteiger partial charge in [-0.25, -0.2) is 4.79 Å². The van der Waals surface area contributed by atoms with Crippen molar-refractivity contribution in [1.29, 1.82) is 0 Å². The van der Waals surface area contributed by atoms with Crippen molar-refractivity contribution in [3.63, 3.8) is 0 Å². The van der Waals surface area contributed by atoms with E-state index < -0.39 is 35.1 Å². The molecule has 0 aliphatic heterocycles. The maximum Gasteiger partial charge on any atom is 0.326 e. The number of aliphatic carboxylic acids is 1. The fraction of sp³-hybridized carbons (Fsp3) is 0.273. The summed E-state index contributed by atoms with van der Waals surface area (Å²) in [6.45, 7) is -0.446. The maximum atomic E-state index is 11.9. The Morgan fingerprint density at radius 3 is 2.48 bits per heavy atom. The smallest absolute Gasteiger partial charge is 0.326 e. The Morgan fingerprint density at radius 2 is 2.00 bits per heavy atom. The highest BCUT2D eigenvalue weighted by Crippen LogP contribution is 2.33. The third-order valence-electron chi connectivity index (χ3n) is 2.49. The fourth-order valence-corrected chi connectivity index (χ4v) is 1.86. The Balaban J connectivity index is 3.07. The first kappa shape index (κ1) is 17.2. The SMILES string of the molecule is O=C(N[C@@H](CCO)C(=O)O)c1cc(Cl)c(Cl)c([N+](=O)[O-])c1. The number of aliphatic hydroxyl groups is 1. The van der Waals surface area contributed by atoms with Gasteiger partial charge in [-0.1, -0.05) is 23.2 Å². The lowest BCUT2D eigenvalue weighted by molar-refractivity contribution is -0.384. The molecular formula is C11H10Cl2N2O6. The van der Waals surface area contributed by atoms with Crippen LogP contribution in [-0.4, -0.2) is 39.7 Å². The molecule has 1 atom stereocenters.